The maximum absolute atomic E-state index is 12.7. The van der Waals surface area contributed by atoms with E-state index in [1.807, 2.05) is 0 Å². The summed E-state index contributed by atoms with van der Waals surface area (Å²) in [7, 11) is 1.59. The molecule has 0 bridgehead atoms. The molecule has 2 nitrogen and oxygen atoms in total. The zero-order valence-corrected chi connectivity index (χ0v) is 8.53. The summed E-state index contributed by atoms with van der Waals surface area (Å²) in [5, 5.41) is 9.07. The van der Waals surface area contributed by atoms with Gasteiger partial charge in [-0.3, -0.25) is 0 Å². The van der Waals surface area contributed by atoms with E-state index in [-0.39, 0.29) is 17.3 Å². The maximum atomic E-state index is 12.7. The zero-order chi connectivity index (χ0) is 10.9. The van der Waals surface area contributed by atoms with Gasteiger partial charge >= 0.3 is 0 Å². The van der Waals surface area contributed by atoms with Crippen LogP contribution >= 0.6 is 0 Å². The Bertz CT molecular complexity index is 389. The van der Waals surface area contributed by atoms with E-state index >= 15 is 0 Å². The van der Waals surface area contributed by atoms with Crippen LogP contribution in [0.25, 0.3) is 0 Å². The van der Waals surface area contributed by atoms with Crippen molar-refractivity contribution in [2.24, 2.45) is 5.41 Å². The van der Waals surface area contributed by atoms with Gasteiger partial charge in [-0.2, -0.15) is 5.26 Å². The highest BCUT2D eigenvalue weighted by Gasteiger charge is 2.51. The van der Waals surface area contributed by atoms with Gasteiger partial charge in [-0.1, -0.05) is 12.1 Å². The summed E-state index contributed by atoms with van der Waals surface area (Å²) in [5.41, 5.74) is 0.491. The lowest BCUT2D eigenvalue weighted by Gasteiger charge is -2.20. The molecule has 0 amide bonds. The van der Waals surface area contributed by atoms with Gasteiger partial charge in [0.15, 0.2) is 0 Å². The Labute approximate surface area is 88.3 Å². The first kappa shape index (κ1) is 10.1. The van der Waals surface area contributed by atoms with Crippen LogP contribution in [0.3, 0.4) is 0 Å². The molecule has 1 aromatic rings. The van der Waals surface area contributed by atoms with E-state index < -0.39 is 0 Å². The van der Waals surface area contributed by atoms with Crippen LogP contribution in [0.2, 0.25) is 0 Å². The largest absolute Gasteiger partial charge is 0.375 e. The third-order valence-electron chi connectivity index (χ3n) is 2.92. The molecular weight excluding hydrogens is 193 g/mol. The summed E-state index contributed by atoms with van der Waals surface area (Å²) >= 11 is 0. The normalized spacial score (nSPS) is 19.3. The molecule has 0 spiro atoms. The smallest absolute Gasteiger partial charge is 0.123 e. The van der Waals surface area contributed by atoms with Crippen molar-refractivity contribution >= 4 is 0 Å². The van der Waals surface area contributed by atoms with Gasteiger partial charge in [0, 0.05) is 7.11 Å². The molecule has 1 saturated carbocycles. The fourth-order valence-electron chi connectivity index (χ4n) is 1.89. The first-order valence-corrected chi connectivity index (χ1v) is 4.91. The fourth-order valence-corrected chi connectivity index (χ4v) is 1.89. The van der Waals surface area contributed by atoms with E-state index in [2.05, 4.69) is 6.07 Å². The molecule has 0 heterocycles. The third-order valence-corrected chi connectivity index (χ3v) is 2.92. The van der Waals surface area contributed by atoms with Crippen LogP contribution in [0.15, 0.2) is 24.3 Å². The first-order chi connectivity index (χ1) is 7.22. The molecule has 0 saturated heterocycles. The summed E-state index contributed by atoms with van der Waals surface area (Å²) in [4.78, 5) is 0. The molecule has 1 atom stereocenters. The molecule has 15 heavy (non-hydrogen) atoms. The van der Waals surface area contributed by atoms with Crippen LogP contribution in [-0.2, 0) is 4.74 Å². The molecule has 1 aliphatic carbocycles. The molecule has 1 aromatic carbocycles. The standard InChI is InChI=1S/C12H12FNO/c1-15-11(12(8-14)6-7-12)9-2-4-10(13)5-3-9/h2-5,11H,6-7H2,1H3/t11-/m1/s1. The lowest BCUT2D eigenvalue weighted by atomic mass is 9.94. The number of rotatable bonds is 3. The van der Waals surface area contributed by atoms with Gasteiger partial charge in [0.1, 0.15) is 11.9 Å². The molecule has 0 N–H and O–H groups in total. The Morgan fingerprint density at radius 1 is 1.40 bits per heavy atom. The Kier molecular flexibility index (Phi) is 2.45. The van der Waals surface area contributed by atoms with E-state index in [1.165, 1.54) is 12.1 Å². The molecule has 3 heteroatoms. The molecule has 78 valence electrons. The number of nitriles is 1. The van der Waals surface area contributed by atoms with Crippen molar-refractivity contribution in [2.75, 3.05) is 7.11 Å². The summed E-state index contributed by atoms with van der Waals surface area (Å²) in [6, 6.07) is 8.46. The van der Waals surface area contributed by atoms with E-state index in [0.717, 1.165) is 18.4 Å². The number of hydrogen-bond donors (Lipinski definition) is 0. The fraction of sp³-hybridized carbons (Fsp3) is 0.417. The number of halogens is 1. The molecular formula is C12H12FNO. The van der Waals surface area contributed by atoms with Crippen molar-refractivity contribution in [2.45, 2.75) is 18.9 Å². The second-order valence-corrected chi connectivity index (χ2v) is 3.94. The SMILES string of the molecule is CO[C@H](c1ccc(F)cc1)C1(C#N)CC1. The second-order valence-electron chi connectivity index (χ2n) is 3.94. The highest BCUT2D eigenvalue weighted by molar-refractivity contribution is 5.27. The average Bonchev–Trinajstić information content (AvgIpc) is 3.03. The van der Waals surface area contributed by atoms with Gasteiger partial charge in [-0.25, -0.2) is 4.39 Å². The predicted molar refractivity (Wildman–Crippen MR) is 53.4 cm³/mol. The van der Waals surface area contributed by atoms with Crippen LogP contribution in [0.4, 0.5) is 4.39 Å². The second kappa shape index (κ2) is 3.63. The monoisotopic (exact) mass is 205 g/mol. The Morgan fingerprint density at radius 3 is 2.40 bits per heavy atom. The summed E-state index contributed by atoms with van der Waals surface area (Å²) in [5.74, 6) is -0.268. The number of nitrogens with zero attached hydrogens (tertiary/aromatic N) is 1. The van der Waals surface area contributed by atoms with Gasteiger partial charge in [0.2, 0.25) is 0 Å². The number of benzene rings is 1. The predicted octanol–water partition coefficient (Wildman–Crippen LogP) is 2.82. The minimum absolute atomic E-state index is 0.233. The summed E-state index contributed by atoms with van der Waals surface area (Å²) in [6.07, 6.45) is 1.49. The van der Waals surface area contributed by atoms with Crippen LogP contribution < -0.4 is 0 Å². The Morgan fingerprint density at radius 2 is 2.00 bits per heavy atom. The lowest BCUT2D eigenvalue weighted by molar-refractivity contribution is 0.0609. The quantitative estimate of drug-likeness (QED) is 0.760. The molecule has 1 fully saturated rings. The summed E-state index contributed by atoms with van der Waals surface area (Å²) < 4.78 is 18.1. The van der Waals surface area contributed by atoms with Crippen LogP contribution in [0.5, 0.6) is 0 Å². The topological polar surface area (TPSA) is 33.0 Å². The van der Waals surface area contributed by atoms with Crippen LogP contribution in [0, 0.1) is 22.6 Å². The molecule has 0 aromatic heterocycles. The van der Waals surface area contributed by atoms with E-state index in [1.54, 1.807) is 19.2 Å². The average molecular weight is 205 g/mol. The number of hydrogen-bond acceptors (Lipinski definition) is 2. The minimum atomic E-state index is -0.382. The van der Waals surface area contributed by atoms with Gasteiger partial charge < -0.3 is 4.74 Å². The molecule has 0 aliphatic heterocycles. The summed E-state index contributed by atoms with van der Waals surface area (Å²) in [6.45, 7) is 0. The Balaban J connectivity index is 2.28. The van der Waals surface area contributed by atoms with Crippen molar-refractivity contribution in [1.29, 1.82) is 5.26 Å². The van der Waals surface area contributed by atoms with Gasteiger partial charge in [-0.15, -0.1) is 0 Å². The van der Waals surface area contributed by atoms with E-state index in [4.69, 9.17) is 10.00 Å². The van der Waals surface area contributed by atoms with Crippen molar-refractivity contribution in [1.82, 2.24) is 0 Å². The number of methoxy groups -OCH3 is 1. The highest BCUT2D eigenvalue weighted by Crippen LogP contribution is 2.55. The van der Waals surface area contributed by atoms with E-state index in [9.17, 15) is 4.39 Å². The minimum Gasteiger partial charge on any atom is -0.375 e. The van der Waals surface area contributed by atoms with E-state index in [0.29, 0.717) is 0 Å². The Hall–Kier alpha value is -1.40. The molecule has 1 aliphatic rings. The van der Waals surface area contributed by atoms with Gasteiger partial charge in [-0.05, 0) is 30.5 Å². The van der Waals surface area contributed by atoms with Gasteiger partial charge in [0.05, 0.1) is 11.5 Å². The van der Waals surface area contributed by atoms with Crippen molar-refractivity contribution in [3.8, 4) is 6.07 Å². The van der Waals surface area contributed by atoms with Crippen molar-refractivity contribution < 1.29 is 9.13 Å². The van der Waals surface area contributed by atoms with Crippen LogP contribution in [0.1, 0.15) is 24.5 Å². The van der Waals surface area contributed by atoms with Crippen molar-refractivity contribution in [3.63, 3.8) is 0 Å². The molecule has 0 unspecified atom stereocenters. The zero-order valence-electron chi connectivity index (χ0n) is 8.53. The van der Waals surface area contributed by atoms with Crippen molar-refractivity contribution in [3.05, 3.63) is 35.6 Å². The first-order valence-electron chi connectivity index (χ1n) is 4.91. The molecule has 0 radical (unpaired) electrons. The molecule has 2 rings (SSSR count). The lowest BCUT2D eigenvalue weighted by Crippen LogP contribution is -2.14. The highest BCUT2D eigenvalue weighted by atomic mass is 19.1. The van der Waals surface area contributed by atoms with Gasteiger partial charge in [0.25, 0.3) is 0 Å². The maximum Gasteiger partial charge on any atom is 0.123 e. The van der Waals surface area contributed by atoms with Crippen LogP contribution in [-0.4, -0.2) is 7.11 Å². The number of ether oxygens (including phenoxy) is 1. The third kappa shape index (κ3) is 1.73.